The zero-order valence-corrected chi connectivity index (χ0v) is 18.7. The predicted molar refractivity (Wildman–Crippen MR) is 126 cm³/mol. The minimum Gasteiger partial charge on any atom is -0.399 e. The van der Waals surface area contributed by atoms with Gasteiger partial charge in [0.25, 0.3) is 21.8 Å². The molecule has 3 rings (SSSR count). The van der Waals surface area contributed by atoms with Crippen LogP contribution < -0.4 is 10.5 Å². The van der Waals surface area contributed by atoms with Crippen LogP contribution in [0.2, 0.25) is 0 Å². The topological polar surface area (TPSA) is 110 Å². The highest BCUT2D eigenvalue weighted by molar-refractivity contribution is 7.90. The molecule has 0 radical (unpaired) electrons. The molecule has 0 heterocycles. The van der Waals surface area contributed by atoms with E-state index in [1.165, 1.54) is 23.1 Å². The quantitative estimate of drug-likeness (QED) is 0.248. The molecule has 0 atom stereocenters. The summed E-state index contributed by atoms with van der Waals surface area (Å²) >= 11 is 0. The van der Waals surface area contributed by atoms with E-state index in [0.717, 1.165) is 10.8 Å². The van der Waals surface area contributed by atoms with Gasteiger partial charge in [-0.25, -0.2) is 13.1 Å². The van der Waals surface area contributed by atoms with Crippen molar-refractivity contribution < 1.29 is 18.0 Å². The average molecular weight is 452 g/mol. The summed E-state index contributed by atoms with van der Waals surface area (Å²) in [5.41, 5.74) is 6.50. The summed E-state index contributed by atoms with van der Waals surface area (Å²) in [7, 11) is -4.20. The van der Waals surface area contributed by atoms with E-state index >= 15 is 0 Å². The number of nitrogens with one attached hydrogen (secondary N) is 1. The summed E-state index contributed by atoms with van der Waals surface area (Å²) in [5.74, 6) is -1.55. The third-order valence-corrected chi connectivity index (χ3v) is 6.36. The van der Waals surface area contributed by atoms with E-state index < -0.39 is 21.8 Å². The SMILES string of the molecule is CCN(CC)C(=O)C(=Cc1ccc(N)cc1)C(=O)NS(=O)(=O)c1ccc2ccccc2c1. The number of carbonyl (C=O) groups excluding carboxylic acids is 2. The lowest BCUT2D eigenvalue weighted by Gasteiger charge is -2.20. The Hall–Kier alpha value is -3.65. The number of rotatable bonds is 7. The molecule has 166 valence electrons. The smallest absolute Gasteiger partial charge is 0.270 e. The van der Waals surface area contributed by atoms with Crippen LogP contribution in [-0.2, 0) is 19.6 Å². The van der Waals surface area contributed by atoms with Crippen molar-refractivity contribution >= 4 is 44.4 Å². The van der Waals surface area contributed by atoms with Crippen LogP contribution in [0.3, 0.4) is 0 Å². The van der Waals surface area contributed by atoms with Crippen molar-refractivity contribution in [1.82, 2.24) is 9.62 Å². The molecular weight excluding hydrogens is 426 g/mol. The Balaban J connectivity index is 1.97. The first-order valence-corrected chi connectivity index (χ1v) is 11.7. The molecule has 8 heteroatoms. The molecule has 0 saturated carbocycles. The third-order valence-electron chi connectivity index (χ3n) is 5.03. The van der Waals surface area contributed by atoms with Crippen LogP contribution in [0.4, 0.5) is 5.69 Å². The number of likely N-dealkylation sites (N-methyl/N-ethyl adjacent to an activating group) is 1. The van der Waals surface area contributed by atoms with E-state index in [1.807, 2.05) is 16.9 Å². The fourth-order valence-electron chi connectivity index (χ4n) is 3.23. The molecule has 0 aliphatic heterocycles. The normalized spacial score (nSPS) is 11.9. The lowest BCUT2D eigenvalue weighted by Crippen LogP contribution is -2.39. The molecular formula is C24H25N3O4S. The summed E-state index contributed by atoms with van der Waals surface area (Å²) in [6.07, 6.45) is 1.37. The zero-order chi connectivity index (χ0) is 23.3. The largest absolute Gasteiger partial charge is 0.399 e. The fraction of sp³-hybridized carbons (Fsp3) is 0.167. The first-order chi connectivity index (χ1) is 15.2. The Labute approximate surface area is 187 Å². The van der Waals surface area contributed by atoms with Crippen molar-refractivity contribution in [3.05, 3.63) is 77.9 Å². The molecule has 3 aromatic carbocycles. The van der Waals surface area contributed by atoms with Crippen LogP contribution >= 0.6 is 0 Å². The summed E-state index contributed by atoms with van der Waals surface area (Å²) in [6.45, 7) is 4.32. The molecule has 0 aromatic heterocycles. The number of hydrogen-bond acceptors (Lipinski definition) is 5. The van der Waals surface area contributed by atoms with Crippen molar-refractivity contribution in [2.45, 2.75) is 18.7 Å². The van der Waals surface area contributed by atoms with E-state index in [1.54, 1.807) is 56.3 Å². The maximum Gasteiger partial charge on any atom is 0.270 e. The van der Waals surface area contributed by atoms with Gasteiger partial charge in [-0.2, -0.15) is 0 Å². The third kappa shape index (κ3) is 5.15. The summed E-state index contributed by atoms with van der Waals surface area (Å²) in [5, 5.41) is 1.60. The average Bonchev–Trinajstić information content (AvgIpc) is 2.78. The van der Waals surface area contributed by atoms with Gasteiger partial charge in [-0.05, 0) is 60.5 Å². The summed E-state index contributed by atoms with van der Waals surface area (Å²) in [6, 6.07) is 18.4. The Kier molecular flexibility index (Phi) is 6.95. The lowest BCUT2D eigenvalue weighted by molar-refractivity contribution is -0.129. The number of hydrogen-bond donors (Lipinski definition) is 2. The van der Waals surface area contributed by atoms with Crippen LogP contribution in [0.25, 0.3) is 16.8 Å². The van der Waals surface area contributed by atoms with E-state index in [0.29, 0.717) is 24.3 Å². The van der Waals surface area contributed by atoms with Gasteiger partial charge in [0, 0.05) is 18.8 Å². The number of amides is 2. The van der Waals surface area contributed by atoms with Crippen LogP contribution in [0.1, 0.15) is 19.4 Å². The van der Waals surface area contributed by atoms with E-state index in [-0.39, 0.29) is 10.5 Å². The van der Waals surface area contributed by atoms with Gasteiger partial charge in [-0.15, -0.1) is 0 Å². The lowest BCUT2D eigenvalue weighted by atomic mass is 10.1. The Morgan fingerprint density at radius 3 is 2.19 bits per heavy atom. The predicted octanol–water partition coefficient (Wildman–Crippen LogP) is 3.18. The molecule has 7 nitrogen and oxygen atoms in total. The van der Waals surface area contributed by atoms with Crippen LogP contribution in [-0.4, -0.2) is 38.2 Å². The molecule has 0 fully saturated rings. The van der Waals surface area contributed by atoms with Gasteiger partial charge in [0.1, 0.15) is 5.57 Å². The van der Waals surface area contributed by atoms with Gasteiger partial charge in [0.15, 0.2) is 0 Å². The number of fused-ring (bicyclic) bond motifs is 1. The van der Waals surface area contributed by atoms with Gasteiger partial charge in [0.05, 0.1) is 4.90 Å². The monoisotopic (exact) mass is 451 g/mol. The second-order valence-electron chi connectivity index (χ2n) is 7.15. The number of nitrogens with two attached hydrogens (primary N) is 1. The molecule has 0 bridgehead atoms. The van der Waals surface area contributed by atoms with E-state index in [9.17, 15) is 18.0 Å². The first kappa shape index (κ1) is 23.0. The van der Waals surface area contributed by atoms with Gasteiger partial charge < -0.3 is 10.6 Å². The van der Waals surface area contributed by atoms with Gasteiger partial charge in [0.2, 0.25) is 0 Å². The molecule has 0 unspecified atom stereocenters. The maximum absolute atomic E-state index is 13.0. The number of benzene rings is 3. The minimum atomic E-state index is -4.20. The molecule has 0 spiro atoms. The second-order valence-corrected chi connectivity index (χ2v) is 8.83. The molecule has 3 N–H and O–H groups in total. The second kappa shape index (κ2) is 9.65. The van der Waals surface area contributed by atoms with E-state index in [2.05, 4.69) is 0 Å². The number of nitrogen functional groups attached to an aromatic ring is 1. The number of anilines is 1. The van der Waals surface area contributed by atoms with E-state index in [4.69, 9.17) is 5.73 Å². The Morgan fingerprint density at radius 1 is 0.938 bits per heavy atom. The van der Waals surface area contributed by atoms with Gasteiger partial charge in [-0.1, -0.05) is 42.5 Å². The number of carbonyl (C=O) groups is 2. The van der Waals surface area contributed by atoms with Gasteiger partial charge in [-0.3, -0.25) is 9.59 Å². The molecule has 0 aliphatic rings. The number of nitrogens with zero attached hydrogens (tertiary/aromatic N) is 1. The molecule has 0 saturated heterocycles. The minimum absolute atomic E-state index is 0.0633. The fourth-order valence-corrected chi connectivity index (χ4v) is 4.24. The molecule has 3 aromatic rings. The highest BCUT2D eigenvalue weighted by Crippen LogP contribution is 2.20. The van der Waals surface area contributed by atoms with Crippen LogP contribution in [0, 0.1) is 0 Å². The summed E-state index contributed by atoms with van der Waals surface area (Å²) < 4.78 is 27.9. The maximum atomic E-state index is 13.0. The first-order valence-electron chi connectivity index (χ1n) is 10.2. The Bertz CT molecular complexity index is 1280. The molecule has 0 aliphatic carbocycles. The zero-order valence-electron chi connectivity index (χ0n) is 17.9. The van der Waals surface area contributed by atoms with Crippen molar-refractivity contribution in [3.8, 4) is 0 Å². The van der Waals surface area contributed by atoms with Crippen LogP contribution in [0.15, 0.2) is 77.2 Å². The Morgan fingerprint density at radius 2 is 1.56 bits per heavy atom. The van der Waals surface area contributed by atoms with Crippen molar-refractivity contribution in [1.29, 1.82) is 0 Å². The highest BCUT2D eigenvalue weighted by atomic mass is 32.2. The van der Waals surface area contributed by atoms with Crippen molar-refractivity contribution in [2.24, 2.45) is 0 Å². The number of sulfonamides is 1. The summed E-state index contributed by atoms with van der Waals surface area (Å²) in [4.78, 5) is 27.4. The van der Waals surface area contributed by atoms with Gasteiger partial charge >= 0.3 is 0 Å². The molecule has 2 amide bonds. The molecule has 32 heavy (non-hydrogen) atoms. The van der Waals surface area contributed by atoms with Crippen molar-refractivity contribution in [2.75, 3.05) is 18.8 Å². The highest BCUT2D eigenvalue weighted by Gasteiger charge is 2.27. The standard InChI is InChI=1S/C24H25N3O4S/c1-3-27(4-2)24(29)22(15-17-9-12-20(25)13-10-17)23(28)26-32(30,31)21-14-11-18-7-5-6-8-19(18)16-21/h5-16H,3-4,25H2,1-2H3,(H,26,28). The van der Waals surface area contributed by atoms with Crippen molar-refractivity contribution in [3.63, 3.8) is 0 Å². The van der Waals surface area contributed by atoms with Crippen LogP contribution in [0.5, 0.6) is 0 Å².